The second-order valence-corrected chi connectivity index (χ2v) is 5.40. The smallest absolute Gasteiger partial charge is 0.322 e. The molecule has 2 N–H and O–H groups in total. The highest BCUT2D eigenvalue weighted by molar-refractivity contribution is 7.15. The molecule has 0 bridgehead atoms. The summed E-state index contributed by atoms with van der Waals surface area (Å²) in [5.74, 6) is -0.454. The number of benzene rings is 1. The predicted octanol–water partition coefficient (Wildman–Crippen LogP) is 1.91. The summed E-state index contributed by atoms with van der Waals surface area (Å²) in [6.45, 7) is 6.91. The molecule has 1 aromatic rings. The molecule has 1 fully saturated rings. The lowest BCUT2D eigenvalue weighted by Gasteiger charge is -2.16. The van der Waals surface area contributed by atoms with Crippen LogP contribution in [0.25, 0.3) is 0 Å². The van der Waals surface area contributed by atoms with Crippen LogP contribution in [0.15, 0.2) is 18.2 Å². The molecule has 0 saturated carbocycles. The van der Waals surface area contributed by atoms with Crippen LogP contribution in [0.4, 0.5) is 4.79 Å². The van der Waals surface area contributed by atoms with Gasteiger partial charge in [-0.3, -0.25) is 14.9 Å². The Kier molecular flexibility index (Phi) is 8.74. The fourth-order valence-corrected chi connectivity index (χ4v) is 2.73. The van der Waals surface area contributed by atoms with Gasteiger partial charge in [-0.15, -0.1) is 9.24 Å². The van der Waals surface area contributed by atoms with Gasteiger partial charge < -0.3 is 10.2 Å². The number of amides is 4. The van der Waals surface area contributed by atoms with Crippen LogP contribution < -0.4 is 10.6 Å². The van der Waals surface area contributed by atoms with Crippen LogP contribution in [0.1, 0.15) is 43.4 Å². The van der Waals surface area contributed by atoms with Crippen LogP contribution in [-0.2, 0) is 22.7 Å². The van der Waals surface area contributed by atoms with Gasteiger partial charge in [0.1, 0.15) is 6.04 Å². The molecular weight excluding hydrogens is 351 g/mol. The van der Waals surface area contributed by atoms with E-state index in [1.165, 1.54) is 0 Å². The van der Waals surface area contributed by atoms with E-state index >= 15 is 0 Å². The summed E-state index contributed by atoms with van der Waals surface area (Å²) in [7, 11) is 2.42. The number of urea groups is 1. The first-order valence-corrected chi connectivity index (χ1v) is 9.71. The van der Waals surface area contributed by atoms with E-state index in [-0.39, 0.29) is 24.7 Å². The van der Waals surface area contributed by atoms with E-state index in [0.29, 0.717) is 18.7 Å². The molecule has 8 heteroatoms. The molecule has 2 aliphatic heterocycles. The zero-order valence-electron chi connectivity index (χ0n) is 15.3. The largest absolute Gasteiger partial charge is 0.334 e. The molecule has 4 amide bonds. The first-order valence-electron chi connectivity index (χ1n) is 8.55. The first kappa shape index (κ1) is 21.6. The first-order chi connectivity index (χ1) is 12.6. The number of fused-ring (bicyclic) bond motifs is 1. The van der Waals surface area contributed by atoms with Crippen molar-refractivity contribution in [3.8, 4) is 6.07 Å². The van der Waals surface area contributed by atoms with E-state index in [0.717, 1.165) is 11.1 Å². The monoisotopic (exact) mass is 376 g/mol. The van der Waals surface area contributed by atoms with Crippen molar-refractivity contribution in [2.24, 2.45) is 0 Å². The highest BCUT2D eigenvalue weighted by Crippen LogP contribution is 2.24. The molecular formula is C18H25N4O3P. The molecule has 1 aromatic carbocycles. The SMILES string of the molecule is CC.CP.N#Cc1ccc2c(c1)CN(C(=O)CCC1NC(=O)NC1=O)C2. The molecule has 0 spiro atoms. The molecule has 2 atom stereocenters. The van der Waals surface area contributed by atoms with Gasteiger partial charge in [0, 0.05) is 19.5 Å². The van der Waals surface area contributed by atoms with Gasteiger partial charge in [-0.2, -0.15) is 5.26 Å². The van der Waals surface area contributed by atoms with Crippen LogP contribution in [-0.4, -0.2) is 35.5 Å². The summed E-state index contributed by atoms with van der Waals surface area (Å²) in [5.41, 5.74) is 2.61. The zero-order chi connectivity index (χ0) is 19.7. The summed E-state index contributed by atoms with van der Waals surface area (Å²) < 4.78 is 0. The van der Waals surface area contributed by atoms with Crippen molar-refractivity contribution in [3.63, 3.8) is 0 Å². The second-order valence-electron chi connectivity index (χ2n) is 5.40. The number of carbonyl (C=O) groups excluding carboxylic acids is 3. The van der Waals surface area contributed by atoms with Crippen molar-refractivity contribution in [2.45, 2.75) is 45.8 Å². The lowest BCUT2D eigenvalue weighted by atomic mass is 10.1. The summed E-state index contributed by atoms with van der Waals surface area (Å²) in [5, 5.41) is 13.5. The Morgan fingerprint density at radius 1 is 1.27 bits per heavy atom. The van der Waals surface area contributed by atoms with Crippen molar-refractivity contribution >= 4 is 27.1 Å². The minimum Gasteiger partial charge on any atom is -0.334 e. The van der Waals surface area contributed by atoms with E-state index in [1.807, 2.05) is 26.6 Å². The Labute approximate surface area is 156 Å². The molecule has 0 aromatic heterocycles. The molecule has 2 unspecified atom stereocenters. The number of carbonyl (C=O) groups is 3. The molecule has 2 aliphatic rings. The third-order valence-corrected chi connectivity index (χ3v) is 3.92. The Hall–Kier alpha value is -2.45. The van der Waals surface area contributed by atoms with E-state index in [1.54, 1.807) is 17.0 Å². The molecule has 26 heavy (non-hydrogen) atoms. The lowest BCUT2D eigenvalue weighted by Crippen LogP contribution is -2.32. The number of nitrogens with one attached hydrogen (secondary N) is 2. The Balaban J connectivity index is 0.000000791. The highest BCUT2D eigenvalue weighted by atomic mass is 31.0. The van der Waals surface area contributed by atoms with Crippen molar-refractivity contribution in [2.75, 3.05) is 6.66 Å². The number of nitriles is 1. The molecule has 0 aliphatic carbocycles. The fraction of sp³-hybridized carbons (Fsp3) is 0.444. The fourth-order valence-electron chi connectivity index (χ4n) is 2.73. The van der Waals surface area contributed by atoms with Gasteiger partial charge in [-0.1, -0.05) is 26.6 Å². The summed E-state index contributed by atoms with van der Waals surface area (Å²) in [6.07, 6.45) is 0.476. The van der Waals surface area contributed by atoms with Crippen molar-refractivity contribution in [3.05, 3.63) is 34.9 Å². The number of nitrogens with zero attached hydrogens (tertiary/aromatic N) is 2. The molecule has 140 valence electrons. The molecule has 2 heterocycles. The topological polar surface area (TPSA) is 102 Å². The van der Waals surface area contributed by atoms with Gasteiger partial charge >= 0.3 is 6.03 Å². The maximum absolute atomic E-state index is 12.2. The number of hydrogen-bond donors (Lipinski definition) is 2. The van der Waals surface area contributed by atoms with E-state index in [9.17, 15) is 14.4 Å². The van der Waals surface area contributed by atoms with Crippen molar-refractivity contribution < 1.29 is 14.4 Å². The van der Waals surface area contributed by atoms with Crippen LogP contribution in [0.2, 0.25) is 0 Å². The van der Waals surface area contributed by atoms with Gasteiger partial charge in [-0.25, -0.2) is 4.79 Å². The molecule has 0 radical (unpaired) electrons. The molecule has 3 rings (SSSR count). The van der Waals surface area contributed by atoms with Crippen molar-refractivity contribution in [1.82, 2.24) is 15.5 Å². The van der Waals surface area contributed by atoms with Crippen molar-refractivity contribution in [1.29, 1.82) is 5.26 Å². The Bertz CT molecular complexity index is 715. The third-order valence-electron chi connectivity index (χ3n) is 3.92. The van der Waals surface area contributed by atoms with E-state index in [4.69, 9.17) is 5.26 Å². The highest BCUT2D eigenvalue weighted by Gasteiger charge is 2.31. The van der Waals surface area contributed by atoms with Gasteiger partial charge in [0.2, 0.25) is 5.91 Å². The van der Waals surface area contributed by atoms with Gasteiger partial charge in [0.05, 0.1) is 11.6 Å². The number of hydrogen-bond acceptors (Lipinski definition) is 4. The van der Waals surface area contributed by atoms with Crippen LogP contribution in [0.3, 0.4) is 0 Å². The zero-order valence-corrected chi connectivity index (χ0v) is 16.5. The Morgan fingerprint density at radius 3 is 2.50 bits per heavy atom. The lowest BCUT2D eigenvalue weighted by molar-refractivity contribution is -0.132. The quantitative estimate of drug-likeness (QED) is 0.621. The van der Waals surface area contributed by atoms with Gasteiger partial charge in [0.25, 0.3) is 5.91 Å². The van der Waals surface area contributed by atoms with Gasteiger partial charge in [0.15, 0.2) is 0 Å². The minimum absolute atomic E-state index is 0.0661. The summed E-state index contributed by atoms with van der Waals surface area (Å²) in [4.78, 5) is 36.4. The summed E-state index contributed by atoms with van der Waals surface area (Å²) in [6, 6.07) is 6.34. The predicted molar refractivity (Wildman–Crippen MR) is 102 cm³/mol. The normalized spacial score (nSPS) is 16.9. The van der Waals surface area contributed by atoms with Gasteiger partial charge in [-0.05, 0) is 29.7 Å². The van der Waals surface area contributed by atoms with E-state index in [2.05, 4.69) is 25.9 Å². The standard InChI is InChI=1S/C15H14N4O3.C2H6.CH5P/c16-6-9-1-2-10-7-19(8-11(10)5-9)13(20)4-3-12-14(21)18-15(22)17-12;2*1-2/h1-2,5,12H,3-4,7-8H2,(H2,17,18,21,22);1-2H3;2H2,1H3. The second kappa shape index (κ2) is 10.5. The maximum Gasteiger partial charge on any atom is 0.322 e. The summed E-state index contributed by atoms with van der Waals surface area (Å²) >= 11 is 0. The Morgan fingerprint density at radius 2 is 1.92 bits per heavy atom. The average molecular weight is 376 g/mol. The van der Waals surface area contributed by atoms with E-state index < -0.39 is 12.1 Å². The molecule has 7 nitrogen and oxygen atoms in total. The van der Waals surface area contributed by atoms with Crippen LogP contribution in [0.5, 0.6) is 0 Å². The minimum atomic E-state index is -0.633. The number of imide groups is 1. The molecule has 1 saturated heterocycles. The average Bonchev–Trinajstić information content (AvgIpc) is 3.24. The van der Waals surface area contributed by atoms with Crippen LogP contribution in [0, 0.1) is 11.3 Å². The van der Waals surface area contributed by atoms with Crippen LogP contribution >= 0.6 is 9.24 Å². The number of rotatable bonds is 3. The third kappa shape index (κ3) is 5.27. The maximum atomic E-state index is 12.2.